The van der Waals surface area contributed by atoms with Crippen molar-refractivity contribution in [3.63, 3.8) is 0 Å². The Morgan fingerprint density at radius 3 is 1.57 bits per heavy atom. The first-order chi connectivity index (χ1) is 13.7. The molecule has 0 aromatic heterocycles. The summed E-state index contributed by atoms with van der Waals surface area (Å²) in [6.45, 7) is 9.15. The molecule has 0 saturated carbocycles. The molecule has 0 bridgehead atoms. The van der Waals surface area contributed by atoms with E-state index in [1.54, 1.807) is 9.80 Å². The maximum Gasteiger partial charge on any atom is 0.241 e. The van der Waals surface area contributed by atoms with E-state index in [1.165, 1.54) is 35.3 Å². The van der Waals surface area contributed by atoms with Gasteiger partial charge in [-0.15, -0.1) is 0 Å². The van der Waals surface area contributed by atoms with E-state index in [2.05, 4.69) is 98.8 Å². The lowest BCUT2D eigenvalue weighted by atomic mass is 10.0. The minimum absolute atomic E-state index is 0.488. The highest BCUT2D eigenvalue weighted by Gasteiger charge is 2.40. The zero-order valence-electron chi connectivity index (χ0n) is 17.1. The highest BCUT2D eigenvalue weighted by Crippen LogP contribution is 2.17. The second-order valence-corrected chi connectivity index (χ2v) is 8.40. The van der Waals surface area contributed by atoms with Crippen LogP contribution in [0.25, 0.3) is 0 Å². The van der Waals surface area contributed by atoms with Gasteiger partial charge in [-0.05, 0) is 23.6 Å². The first kappa shape index (κ1) is 18.9. The number of nitrogens with one attached hydrogen (secondary N) is 2. The van der Waals surface area contributed by atoms with E-state index in [-0.39, 0.29) is 0 Å². The summed E-state index contributed by atoms with van der Waals surface area (Å²) in [6.07, 6.45) is 0.488. The summed E-state index contributed by atoms with van der Waals surface area (Å²) < 4.78 is 0. The lowest BCUT2D eigenvalue weighted by Crippen LogP contribution is -3.22. The van der Waals surface area contributed by atoms with Crippen molar-refractivity contribution in [2.24, 2.45) is 0 Å². The van der Waals surface area contributed by atoms with Crippen LogP contribution in [0.4, 0.5) is 0 Å². The molecule has 28 heavy (non-hydrogen) atoms. The maximum absolute atomic E-state index is 2.38. The normalized spacial score (nSPS) is 21.9. The van der Waals surface area contributed by atoms with Gasteiger partial charge in [-0.1, -0.05) is 86.6 Å². The molecule has 2 nitrogen and oxygen atoms in total. The number of quaternary nitrogens is 2. The van der Waals surface area contributed by atoms with Gasteiger partial charge in [0.15, 0.2) is 0 Å². The average Bonchev–Trinajstić information content (AvgIpc) is 3.11. The van der Waals surface area contributed by atoms with Gasteiger partial charge in [0.25, 0.3) is 0 Å². The lowest BCUT2D eigenvalue weighted by Gasteiger charge is -2.25. The zero-order valence-corrected chi connectivity index (χ0v) is 17.1. The molecule has 1 aliphatic rings. The van der Waals surface area contributed by atoms with Crippen LogP contribution in [0.1, 0.15) is 48.2 Å². The molecule has 0 amide bonds. The number of hydrogen-bond donors (Lipinski definition) is 2. The van der Waals surface area contributed by atoms with Crippen LogP contribution < -0.4 is 9.80 Å². The fourth-order valence-corrected chi connectivity index (χ4v) is 4.54. The van der Waals surface area contributed by atoms with Gasteiger partial charge in [-0.25, -0.2) is 0 Å². The SMILES string of the molecule is CC(C)c1ccc(C2[NH+](Cc3ccccc3)CC[NH+]2Cc2ccccc2)cc1. The molecular formula is C26H32N2+2. The standard InChI is InChI=1S/C26H30N2/c1-21(2)24-13-15-25(16-14-24)26-27(19-22-9-5-3-6-10-22)17-18-28(26)20-23-11-7-4-8-12-23/h3-16,21,26H,17-20H2,1-2H3/p+2. The van der Waals surface area contributed by atoms with E-state index in [4.69, 9.17) is 0 Å². The molecule has 2 unspecified atom stereocenters. The van der Waals surface area contributed by atoms with Crippen molar-refractivity contribution in [2.45, 2.75) is 39.0 Å². The molecule has 2 heteroatoms. The van der Waals surface area contributed by atoms with Crippen molar-refractivity contribution in [2.75, 3.05) is 13.1 Å². The van der Waals surface area contributed by atoms with Crippen LogP contribution in [0.5, 0.6) is 0 Å². The monoisotopic (exact) mass is 372 g/mol. The number of rotatable bonds is 6. The Morgan fingerprint density at radius 1 is 0.679 bits per heavy atom. The summed E-state index contributed by atoms with van der Waals surface area (Å²) in [4.78, 5) is 3.35. The van der Waals surface area contributed by atoms with E-state index in [9.17, 15) is 0 Å². The van der Waals surface area contributed by atoms with E-state index in [0.29, 0.717) is 12.1 Å². The fourth-order valence-electron chi connectivity index (χ4n) is 4.54. The molecule has 3 aromatic rings. The molecule has 2 atom stereocenters. The number of hydrogen-bond acceptors (Lipinski definition) is 0. The Bertz CT molecular complexity index is 806. The summed E-state index contributed by atoms with van der Waals surface area (Å²) >= 11 is 0. The molecule has 0 radical (unpaired) electrons. The summed E-state index contributed by atoms with van der Waals surface area (Å²) in [5.74, 6) is 0.582. The van der Waals surface area contributed by atoms with Crippen molar-refractivity contribution < 1.29 is 9.80 Å². The van der Waals surface area contributed by atoms with Crippen LogP contribution >= 0.6 is 0 Å². The van der Waals surface area contributed by atoms with Gasteiger partial charge in [0.05, 0.1) is 5.56 Å². The van der Waals surface area contributed by atoms with Gasteiger partial charge in [0, 0.05) is 11.1 Å². The summed E-state index contributed by atoms with van der Waals surface area (Å²) in [6, 6.07) is 31.3. The van der Waals surface area contributed by atoms with E-state index in [1.807, 2.05) is 0 Å². The Kier molecular flexibility index (Phi) is 5.90. The zero-order chi connectivity index (χ0) is 19.3. The Morgan fingerprint density at radius 2 is 1.14 bits per heavy atom. The largest absolute Gasteiger partial charge is 0.274 e. The molecule has 144 valence electrons. The Hall–Kier alpha value is -2.42. The summed E-state index contributed by atoms with van der Waals surface area (Å²) in [5, 5.41) is 0. The van der Waals surface area contributed by atoms with Crippen molar-refractivity contribution in [1.82, 2.24) is 0 Å². The quantitative estimate of drug-likeness (QED) is 0.658. The predicted octanol–water partition coefficient (Wildman–Crippen LogP) is 2.99. The molecule has 3 aromatic carbocycles. The van der Waals surface area contributed by atoms with Crippen LogP contribution in [0.3, 0.4) is 0 Å². The second kappa shape index (κ2) is 8.72. The smallest absolute Gasteiger partial charge is 0.241 e. The predicted molar refractivity (Wildman–Crippen MR) is 115 cm³/mol. The van der Waals surface area contributed by atoms with Crippen molar-refractivity contribution in [1.29, 1.82) is 0 Å². The van der Waals surface area contributed by atoms with E-state index < -0.39 is 0 Å². The van der Waals surface area contributed by atoms with Gasteiger partial charge in [0.1, 0.15) is 26.2 Å². The van der Waals surface area contributed by atoms with Crippen LogP contribution in [0.15, 0.2) is 84.9 Å². The highest BCUT2D eigenvalue weighted by molar-refractivity contribution is 5.25. The molecule has 1 saturated heterocycles. The van der Waals surface area contributed by atoms with Crippen LogP contribution in [0, 0.1) is 0 Å². The van der Waals surface area contributed by atoms with Crippen molar-refractivity contribution in [3.05, 3.63) is 107 Å². The average molecular weight is 373 g/mol. The van der Waals surface area contributed by atoms with E-state index >= 15 is 0 Å². The molecule has 0 spiro atoms. The van der Waals surface area contributed by atoms with Gasteiger partial charge in [-0.3, -0.25) is 9.80 Å². The summed E-state index contributed by atoms with van der Waals surface area (Å²) in [7, 11) is 0. The fraction of sp³-hybridized carbons (Fsp3) is 0.308. The molecule has 2 N–H and O–H groups in total. The second-order valence-electron chi connectivity index (χ2n) is 8.40. The Labute approximate surface area is 169 Å². The van der Waals surface area contributed by atoms with Crippen molar-refractivity contribution in [3.8, 4) is 0 Å². The first-order valence-corrected chi connectivity index (χ1v) is 10.6. The third-order valence-corrected chi connectivity index (χ3v) is 6.07. The molecule has 1 aliphatic heterocycles. The molecule has 1 heterocycles. The molecular weight excluding hydrogens is 340 g/mol. The third kappa shape index (κ3) is 4.35. The first-order valence-electron chi connectivity index (χ1n) is 10.6. The van der Waals surface area contributed by atoms with E-state index in [0.717, 1.165) is 13.1 Å². The highest BCUT2D eigenvalue weighted by atomic mass is 15.4. The van der Waals surface area contributed by atoms with Crippen LogP contribution in [-0.4, -0.2) is 13.1 Å². The lowest BCUT2D eigenvalue weighted by molar-refractivity contribution is -1.09. The van der Waals surface area contributed by atoms with Gasteiger partial charge in [0.2, 0.25) is 6.17 Å². The van der Waals surface area contributed by atoms with Gasteiger partial charge >= 0.3 is 0 Å². The molecule has 4 rings (SSSR count). The topological polar surface area (TPSA) is 8.88 Å². The molecule has 0 aliphatic carbocycles. The van der Waals surface area contributed by atoms with Crippen molar-refractivity contribution >= 4 is 0 Å². The minimum Gasteiger partial charge on any atom is -0.274 e. The van der Waals surface area contributed by atoms with Gasteiger partial charge in [-0.2, -0.15) is 0 Å². The van der Waals surface area contributed by atoms with Crippen LogP contribution in [-0.2, 0) is 13.1 Å². The minimum atomic E-state index is 0.488. The summed E-state index contributed by atoms with van der Waals surface area (Å²) in [5.41, 5.74) is 5.76. The maximum atomic E-state index is 2.38. The number of benzene rings is 3. The van der Waals surface area contributed by atoms with Crippen LogP contribution in [0.2, 0.25) is 0 Å². The third-order valence-electron chi connectivity index (χ3n) is 6.07. The van der Waals surface area contributed by atoms with Gasteiger partial charge < -0.3 is 0 Å². The Balaban J connectivity index is 1.60. The molecule has 1 fully saturated rings.